The first-order chi connectivity index (χ1) is 10.1. The fraction of sp³-hybridized carbons (Fsp3) is 0.692. The summed E-state index contributed by atoms with van der Waals surface area (Å²) < 4.78 is 5.36. The minimum absolute atomic E-state index is 0.0708. The molecule has 0 saturated carbocycles. The number of hydrogen-bond donors (Lipinski definition) is 2. The zero-order chi connectivity index (χ0) is 15.0. The van der Waals surface area contributed by atoms with E-state index < -0.39 is 6.10 Å². The summed E-state index contributed by atoms with van der Waals surface area (Å²) in [6.45, 7) is 6.08. The van der Waals surface area contributed by atoms with Crippen LogP contribution in [0.25, 0.3) is 0 Å². The Balaban J connectivity index is 1.79. The summed E-state index contributed by atoms with van der Waals surface area (Å²) in [4.78, 5) is 12.5. The molecular formula is C13H20ClN5O2. The van der Waals surface area contributed by atoms with Crippen molar-refractivity contribution in [1.82, 2.24) is 14.9 Å². The van der Waals surface area contributed by atoms with Crippen molar-refractivity contribution in [3.63, 3.8) is 0 Å². The molecule has 2 aliphatic heterocycles. The second-order valence-electron chi connectivity index (χ2n) is 5.49. The van der Waals surface area contributed by atoms with E-state index in [1.54, 1.807) is 6.92 Å². The van der Waals surface area contributed by atoms with Gasteiger partial charge in [-0.2, -0.15) is 4.98 Å². The number of aryl methyl sites for hydroxylation is 1. The van der Waals surface area contributed by atoms with Gasteiger partial charge in [0, 0.05) is 26.2 Å². The van der Waals surface area contributed by atoms with Crippen LogP contribution in [0, 0.1) is 6.92 Å². The van der Waals surface area contributed by atoms with Crippen molar-refractivity contribution in [2.75, 3.05) is 50.0 Å². The molecule has 3 N–H and O–H groups in total. The molecule has 1 aromatic rings. The van der Waals surface area contributed by atoms with E-state index in [9.17, 15) is 5.11 Å². The Labute approximate surface area is 128 Å². The second kappa shape index (κ2) is 5.92. The van der Waals surface area contributed by atoms with Crippen LogP contribution in [-0.4, -0.2) is 71.5 Å². The lowest BCUT2D eigenvalue weighted by molar-refractivity contribution is -0.00588. The van der Waals surface area contributed by atoms with Crippen molar-refractivity contribution in [1.29, 1.82) is 0 Å². The Morgan fingerprint density at radius 3 is 2.71 bits per heavy atom. The molecule has 1 aromatic heterocycles. The molecule has 3 rings (SSSR count). The fourth-order valence-corrected chi connectivity index (χ4v) is 3.19. The van der Waals surface area contributed by atoms with Crippen LogP contribution in [0.5, 0.6) is 0 Å². The largest absolute Gasteiger partial charge is 0.390 e. The van der Waals surface area contributed by atoms with Gasteiger partial charge in [0.05, 0.1) is 31.1 Å². The molecule has 3 heterocycles. The van der Waals surface area contributed by atoms with Crippen LogP contribution in [0.15, 0.2) is 0 Å². The number of anilines is 2. The van der Waals surface area contributed by atoms with E-state index in [-0.39, 0.29) is 12.0 Å². The van der Waals surface area contributed by atoms with Crippen LogP contribution < -0.4 is 10.6 Å². The Morgan fingerprint density at radius 1 is 1.29 bits per heavy atom. The van der Waals surface area contributed by atoms with Crippen LogP contribution in [0.3, 0.4) is 0 Å². The second-order valence-corrected chi connectivity index (χ2v) is 5.87. The summed E-state index contributed by atoms with van der Waals surface area (Å²) in [5.41, 5.74) is 6.37. The van der Waals surface area contributed by atoms with E-state index in [0.29, 0.717) is 42.8 Å². The van der Waals surface area contributed by atoms with E-state index in [1.165, 1.54) is 0 Å². The number of hydrogen-bond acceptors (Lipinski definition) is 7. The molecule has 8 heteroatoms. The van der Waals surface area contributed by atoms with Crippen molar-refractivity contribution in [3.8, 4) is 0 Å². The van der Waals surface area contributed by atoms with Gasteiger partial charge in [0.25, 0.3) is 0 Å². The Hall–Kier alpha value is -1.15. The third kappa shape index (κ3) is 2.91. The van der Waals surface area contributed by atoms with E-state index in [2.05, 4.69) is 14.9 Å². The lowest BCUT2D eigenvalue weighted by atomic mass is 10.2. The predicted molar refractivity (Wildman–Crippen MR) is 80.6 cm³/mol. The molecule has 0 bridgehead atoms. The molecule has 7 nitrogen and oxygen atoms in total. The van der Waals surface area contributed by atoms with Gasteiger partial charge in [0.15, 0.2) is 5.82 Å². The Kier molecular flexibility index (Phi) is 4.17. The van der Waals surface area contributed by atoms with Crippen LogP contribution in [-0.2, 0) is 4.74 Å². The number of β-amino-alcohol motifs (C(OH)–C–C–N with tert-alkyl or cyclic N) is 1. The summed E-state index contributed by atoms with van der Waals surface area (Å²) in [5, 5.41) is 10.9. The molecule has 0 unspecified atom stereocenters. The highest BCUT2D eigenvalue weighted by atomic mass is 35.5. The number of nitrogens with zero attached hydrogens (tertiary/aromatic N) is 4. The fourth-order valence-electron chi connectivity index (χ4n) is 2.99. The highest BCUT2D eigenvalue weighted by Crippen LogP contribution is 2.30. The molecular weight excluding hydrogens is 294 g/mol. The molecule has 0 spiro atoms. The van der Waals surface area contributed by atoms with E-state index >= 15 is 0 Å². The highest BCUT2D eigenvalue weighted by molar-refractivity contribution is 6.33. The number of nitrogen functional groups attached to an aromatic ring is 1. The SMILES string of the molecule is Cc1nc(N)nc(N2C[C@H](O)[C@@H](N3CCOCC3)C2)c1Cl. The normalized spacial score (nSPS) is 27.3. The Bertz CT molecular complexity index is 524. The van der Waals surface area contributed by atoms with Gasteiger partial charge in [-0.15, -0.1) is 0 Å². The highest BCUT2D eigenvalue weighted by Gasteiger charge is 2.37. The lowest BCUT2D eigenvalue weighted by Crippen LogP contribution is -2.48. The number of aliphatic hydroxyl groups excluding tert-OH is 1. The summed E-state index contributed by atoms with van der Waals surface area (Å²) in [5.74, 6) is 0.813. The van der Waals surface area contributed by atoms with Gasteiger partial charge in [0.1, 0.15) is 5.02 Å². The van der Waals surface area contributed by atoms with Gasteiger partial charge in [0.2, 0.25) is 5.95 Å². The van der Waals surface area contributed by atoms with Gasteiger partial charge in [-0.05, 0) is 6.92 Å². The van der Waals surface area contributed by atoms with Crippen molar-refractivity contribution >= 4 is 23.4 Å². The van der Waals surface area contributed by atoms with E-state index in [1.807, 2.05) is 4.90 Å². The monoisotopic (exact) mass is 313 g/mol. The lowest BCUT2D eigenvalue weighted by Gasteiger charge is -2.33. The molecule has 2 saturated heterocycles. The zero-order valence-electron chi connectivity index (χ0n) is 12.0. The van der Waals surface area contributed by atoms with Gasteiger partial charge >= 0.3 is 0 Å². The summed E-state index contributed by atoms with van der Waals surface area (Å²) in [6.07, 6.45) is -0.435. The standard InChI is InChI=1S/C13H20ClN5O2/c1-8-11(14)12(17-13(15)16-8)19-6-9(10(20)7-19)18-2-4-21-5-3-18/h9-10,20H,2-7H2,1H3,(H2,15,16,17)/t9-,10-/m0/s1. The maximum Gasteiger partial charge on any atom is 0.222 e. The van der Waals surface area contributed by atoms with Crippen molar-refractivity contribution < 1.29 is 9.84 Å². The molecule has 2 aliphatic rings. The zero-order valence-corrected chi connectivity index (χ0v) is 12.8. The molecule has 21 heavy (non-hydrogen) atoms. The van der Waals surface area contributed by atoms with Gasteiger partial charge in [-0.1, -0.05) is 11.6 Å². The maximum atomic E-state index is 10.4. The molecule has 0 amide bonds. The number of morpholine rings is 1. The summed E-state index contributed by atoms with van der Waals surface area (Å²) >= 11 is 6.29. The Morgan fingerprint density at radius 2 is 2.00 bits per heavy atom. The van der Waals surface area contributed by atoms with E-state index in [4.69, 9.17) is 22.1 Å². The predicted octanol–water partition coefficient (Wildman–Crippen LogP) is -0.0977. The van der Waals surface area contributed by atoms with Gasteiger partial charge in [-0.25, -0.2) is 4.98 Å². The first-order valence-corrected chi connectivity index (χ1v) is 7.48. The van der Waals surface area contributed by atoms with Crippen LogP contribution in [0.4, 0.5) is 11.8 Å². The summed E-state index contributed by atoms with van der Waals surface area (Å²) in [7, 11) is 0. The number of ether oxygens (including phenoxy) is 1. The smallest absolute Gasteiger partial charge is 0.222 e. The average Bonchev–Trinajstić information content (AvgIpc) is 2.85. The molecule has 116 valence electrons. The van der Waals surface area contributed by atoms with Gasteiger partial charge < -0.3 is 20.5 Å². The first-order valence-electron chi connectivity index (χ1n) is 7.10. The average molecular weight is 314 g/mol. The van der Waals surface area contributed by atoms with Crippen LogP contribution >= 0.6 is 11.6 Å². The van der Waals surface area contributed by atoms with Crippen molar-refractivity contribution in [2.45, 2.75) is 19.1 Å². The topological polar surface area (TPSA) is 87.7 Å². The van der Waals surface area contributed by atoms with Crippen molar-refractivity contribution in [2.24, 2.45) is 0 Å². The number of aliphatic hydroxyl groups is 1. The minimum Gasteiger partial charge on any atom is -0.390 e. The number of rotatable bonds is 2. The third-order valence-electron chi connectivity index (χ3n) is 4.09. The minimum atomic E-state index is -0.435. The quantitative estimate of drug-likeness (QED) is 0.788. The molecule has 2 fully saturated rings. The molecule has 2 atom stereocenters. The van der Waals surface area contributed by atoms with Gasteiger partial charge in [-0.3, -0.25) is 4.90 Å². The van der Waals surface area contributed by atoms with E-state index in [0.717, 1.165) is 13.1 Å². The molecule has 0 radical (unpaired) electrons. The molecule has 0 aliphatic carbocycles. The number of halogens is 1. The van der Waals surface area contributed by atoms with Crippen LogP contribution in [0.2, 0.25) is 5.02 Å². The number of nitrogens with two attached hydrogens (primary N) is 1. The summed E-state index contributed by atoms with van der Waals surface area (Å²) in [6, 6.07) is 0.0708. The number of aromatic nitrogens is 2. The van der Waals surface area contributed by atoms with Crippen molar-refractivity contribution in [3.05, 3.63) is 10.7 Å². The first kappa shape index (κ1) is 14.8. The maximum absolute atomic E-state index is 10.4. The molecule has 0 aromatic carbocycles. The third-order valence-corrected chi connectivity index (χ3v) is 4.53. The van der Waals surface area contributed by atoms with Crippen LogP contribution in [0.1, 0.15) is 5.69 Å².